The average molecular weight is 350 g/mol. The Morgan fingerprint density at radius 3 is 2.48 bits per heavy atom. The number of hydrogen-bond donors (Lipinski definition) is 1. The van der Waals surface area contributed by atoms with Crippen molar-refractivity contribution in [1.82, 2.24) is 9.55 Å². The fourth-order valence-electron chi connectivity index (χ4n) is 2.45. The second-order valence-electron chi connectivity index (χ2n) is 5.12. The molecule has 2 aromatic carbocycles. The van der Waals surface area contributed by atoms with Crippen molar-refractivity contribution in [3.05, 3.63) is 75.9 Å². The highest BCUT2D eigenvalue weighted by molar-refractivity contribution is 6.33. The van der Waals surface area contributed by atoms with Crippen LogP contribution in [0.5, 0.6) is 0 Å². The van der Waals surface area contributed by atoms with E-state index in [0.717, 1.165) is 11.3 Å². The summed E-state index contributed by atoms with van der Waals surface area (Å²) in [4.78, 5) is 4.41. The molecule has 0 aliphatic rings. The third-order valence-corrected chi connectivity index (χ3v) is 4.16. The van der Waals surface area contributed by atoms with Gasteiger partial charge in [0.05, 0.1) is 22.7 Å². The van der Waals surface area contributed by atoms with Crippen LogP contribution in [-0.2, 0) is 13.1 Å². The van der Waals surface area contributed by atoms with Gasteiger partial charge >= 0.3 is 0 Å². The zero-order valence-corrected chi connectivity index (χ0v) is 13.7. The van der Waals surface area contributed by atoms with Gasteiger partial charge in [-0.1, -0.05) is 35.3 Å². The van der Waals surface area contributed by atoms with Crippen LogP contribution in [0.15, 0.2) is 48.8 Å². The van der Waals surface area contributed by atoms with Crippen LogP contribution in [0.3, 0.4) is 0 Å². The molecule has 2 N–H and O–H groups in total. The molecule has 0 saturated carbocycles. The first-order chi connectivity index (χ1) is 11.1. The maximum atomic E-state index is 13.2. The molecule has 0 atom stereocenters. The lowest BCUT2D eigenvalue weighted by Gasteiger charge is -2.09. The van der Waals surface area contributed by atoms with E-state index < -0.39 is 0 Å². The number of rotatable bonds is 4. The fourth-order valence-corrected chi connectivity index (χ4v) is 2.83. The van der Waals surface area contributed by atoms with Gasteiger partial charge in [-0.25, -0.2) is 9.37 Å². The van der Waals surface area contributed by atoms with Gasteiger partial charge in [-0.2, -0.15) is 0 Å². The molecule has 0 aliphatic heterocycles. The highest BCUT2D eigenvalue weighted by atomic mass is 35.5. The van der Waals surface area contributed by atoms with Crippen molar-refractivity contribution in [1.29, 1.82) is 0 Å². The van der Waals surface area contributed by atoms with Gasteiger partial charge in [0.15, 0.2) is 0 Å². The molecule has 0 spiro atoms. The summed E-state index contributed by atoms with van der Waals surface area (Å²) in [5.41, 5.74) is 9.16. The van der Waals surface area contributed by atoms with E-state index in [0.29, 0.717) is 34.4 Å². The minimum Gasteiger partial charge on any atom is -0.328 e. The van der Waals surface area contributed by atoms with E-state index in [1.807, 2.05) is 28.8 Å². The van der Waals surface area contributed by atoms with Crippen molar-refractivity contribution in [2.45, 2.75) is 13.1 Å². The predicted molar refractivity (Wildman–Crippen MR) is 91.1 cm³/mol. The zero-order chi connectivity index (χ0) is 16.4. The Morgan fingerprint density at radius 2 is 1.83 bits per heavy atom. The maximum Gasteiger partial charge on any atom is 0.124 e. The third kappa shape index (κ3) is 3.39. The van der Waals surface area contributed by atoms with Crippen molar-refractivity contribution in [2.24, 2.45) is 5.73 Å². The molecule has 6 heteroatoms. The van der Waals surface area contributed by atoms with Gasteiger partial charge in [0, 0.05) is 23.7 Å². The lowest BCUT2D eigenvalue weighted by atomic mass is 10.1. The Bertz CT molecular complexity index is 828. The lowest BCUT2D eigenvalue weighted by molar-refractivity contribution is 0.628. The quantitative estimate of drug-likeness (QED) is 0.753. The van der Waals surface area contributed by atoms with E-state index in [1.54, 1.807) is 12.4 Å². The molecule has 0 aliphatic carbocycles. The van der Waals surface area contributed by atoms with Crippen molar-refractivity contribution >= 4 is 23.2 Å². The molecule has 1 aromatic heterocycles. The molecule has 0 bridgehead atoms. The van der Waals surface area contributed by atoms with Crippen molar-refractivity contribution < 1.29 is 4.39 Å². The van der Waals surface area contributed by atoms with E-state index >= 15 is 0 Å². The van der Waals surface area contributed by atoms with E-state index in [9.17, 15) is 4.39 Å². The summed E-state index contributed by atoms with van der Waals surface area (Å²) in [6, 6.07) is 11.8. The maximum absolute atomic E-state index is 13.2. The summed E-state index contributed by atoms with van der Waals surface area (Å²) in [5, 5.41) is 1.01. The van der Waals surface area contributed by atoms with E-state index in [2.05, 4.69) is 4.98 Å². The standard InChI is InChI=1S/C17H14Cl2FN3/c18-12-3-1-11(2-4-12)9-23-10-22-17(16(23)8-21)14-6-5-13(20)7-15(14)19/h1-7,10H,8-9,21H2. The molecule has 23 heavy (non-hydrogen) atoms. The van der Waals surface area contributed by atoms with Gasteiger partial charge in [0.25, 0.3) is 0 Å². The highest BCUT2D eigenvalue weighted by Gasteiger charge is 2.15. The summed E-state index contributed by atoms with van der Waals surface area (Å²) < 4.78 is 15.2. The van der Waals surface area contributed by atoms with Crippen LogP contribution in [0.4, 0.5) is 4.39 Å². The Balaban J connectivity index is 1.98. The van der Waals surface area contributed by atoms with Gasteiger partial charge in [-0.05, 0) is 35.9 Å². The van der Waals surface area contributed by atoms with Gasteiger partial charge in [-0.15, -0.1) is 0 Å². The second kappa shape index (κ2) is 6.71. The van der Waals surface area contributed by atoms with Crippen LogP contribution in [0, 0.1) is 5.82 Å². The molecule has 0 amide bonds. The minimum absolute atomic E-state index is 0.302. The van der Waals surface area contributed by atoms with Crippen LogP contribution < -0.4 is 5.73 Å². The molecule has 3 aromatic rings. The molecule has 0 fully saturated rings. The molecule has 3 nitrogen and oxygen atoms in total. The Morgan fingerprint density at radius 1 is 1.09 bits per heavy atom. The molecule has 0 saturated heterocycles. The number of halogens is 3. The highest BCUT2D eigenvalue weighted by Crippen LogP contribution is 2.30. The van der Waals surface area contributed by atoms with Crippen LogP contribution in [0.25, 0.3) is 11.3 Å². The Kier molecular flexibility index (Phi) is 4.66. The lowest BCUT2D eigenvalue weighted by Crippen LogP contribution is -2.08. The Hall–Kier alpha value is -1.88. The fraction of sp³-hybridized carbons (Fsp3) is 0.118. The number of benzene rings is 2. The molecule has 1 heterocycles. The van der Waals surface area contributed by atoms with Crippen LogP contribution in [-0.4, -0.2) is 9.55 Å². The summed E-state index contributed by atoms with van der Waals surface area (Å²) in [7, 11) is 0. The Labute approximate surface area is 143 Å². The number of imidazole rings is 1. The minimum atomic E-state index is -0.381. The van der Waals surface area contributed by atoms with Crippen LogP contribution in [0.1, 0.15) is 11.3 Å². The van der Waals surface area contributed by atoms with E-state index in [4.69, 9.17) is 28.9 Å². The number of aromatic nitrogens is 2. The van der Waals surface area contributed by atoms with Crippen molar-refractivity contribution in [3.63, 3.8) is 0 Å². The second-order valence-corrected chi connectivity index (χ2v) is 5.97. The first-order valence-corrected chi connectivity index (χ1v) is 7.78. The number of nitrogens with two attached hydrogens (primary N) is 1. The van der Waals surface area contributed by atoms with Gasteiger partial charge < -0.3 is 10.3 Å². The molecular weight excluding hydrogens is 336 g/mol. The largest absolute Gasteiger partial charge is 0.328 e. The van der Waals surface area contributed by atoms with Gasteiger partial charge in [0.1, 0.15) is 5.82 Å². The number of hydrogen-bond acceptors (Lipinski definition) is 2. The monoisotopic (exact) mass is 349 g/mol. The van der Waals surface area contributed by atoms with Gasteiger partial charge in [-0.3, -0.25) is 0 Å². The van der Waals surface area contributed by atoms with Crippen molar-refractivity contribution in [2.75, 3.05) is 0 Å². The first-order valence-electron chi connectivity index (χ1n) is 7.02. The van der Waals surface area contributed by atoms with Crippen molar-refractivity contribution in [3.8, 4) is 11.3 Å². The number of nitrogens with zero attached hydrogens (tertiary/aromatic N) is 2. The van der Waals surface area contributed by atoms with Crippen LogP contribution >= 0.6 is 23.2 Å². The van der Waals surface area contributed by atoms with Gasteiger partial charge in [0.2, 0.25) is 0 Å². The SMILES string of the molecule is NCc1c(-c2ccc(F)cc2Cl)ncn1Cc1ccc(Cl)cc1. The van der Waals surface area contributed by atoms with E-state index in [-0.39, 0.29) is 5.82 Å². The summed E-state index contributed by atoms with van der Waals surface area (Å²) in [6.45, 7) is 0.923. The molecule has 118 valence electrons. The van der Waals surface area contributed by atoms with E-state index in [1.165, 1.54) is 12.1 Å². The molecule has 0 radical (unpaired) electrons. The topological polar surface area (TPSA) is 43.8 Å². The molecular formula is C17H14Cl2FN3. The smallest absolute Gasteiger partial charge is 0.124 e. The summed E-state index contributed by atoms with van der Waals surface area (Å²) in [6.07, 6.45) is 1.71. The normalized spacial score (nSPS) is 11.0. The average Bonchev–Trinajstić information content (AvgIpc) is 2.92. The van der Waals surface area contributed by atoms with Crippen LogP contribution in [0.2, 0.25) is 10.0 Å². The summed E-state index contributed by atoms with van der Waals surface area (Å²) >= 11 is 12.0. The molecule has 3 rings (SSSR count). The summed E-state index contributed by atoms with van der Waals surface area (Å²) in [5.74, 6) is -0.381. The molecule has 0 unspecified atom stereocenters. The zero-order valence-electron chi connectivity index (χ0n) is 12.1. The first kappa shape index (κ1) is 16.0. The third-order valence-electron chi connectivity index (χ3n) is 3.59. The predicted octanol–water partition coefficient (Wildman–Crippen LogP) is 4.50.